The van der Waals surface area contributed by atoms with Gasteiger partial charge in [0.05, 0.1) is 18.6 Å². The van der Waals surface area contributed by atoms with Crippen LogP contribution in [0.3, 0.4) is 0 Å². The van der Waals surface area contributed by atoms with Gasteiger partial charge in [0.1, 0.15) is 5.75 Å². The third-order valence-corrected chi connectivity index (χ3v) is 3.09. The van der Waals surface area contributed by atoms with E-state index >= 15 is 0 Å². The second-order valence-electron chi connectivity index (χ2n) is 3.98. The molecule has 1 aromatic carbocycles. The Morgan fingerprint density at radius 1 is 1.53 bits per heavy atom. The van der Waals surface area contributed by atoms with Crippen molar-refractivity contribution in [2.45, 2.75) is 26.3 Å². The second kappa shape index (κ2) is 5.38. The summed E-state index contributed by atoms with van der Waals surface area (Å²) in [5, 5.41) is 9.25. The van der Waals surface area contributed by atoms with Gasteiger partial charge in [-0.05, 0) is 25.0 Å². The first kappa shape index (κ1) is 13.8. The Balaban J connectivity index is 3.31. The molecule has 1 aromatic rings. The highest BCUT2D eigenvalue weighted by Crippen LogP contribution is 2.37. The van der Waals surface area contributed by atoms with Gasteiger partial charge in [-0.1, -0.05) is 17.7 Å². The largest absolute Gasteiger partial charge is 0.495 e. The summed E-state index contributed by atoms with van der Waals surface area (Å²) in [6.45, 7) is 3.73. The fourth-order valence-corrected chi connectivity index (χ4v) is 2.13. The van der Waals surface area contributed by atoms with Gasteiger partial charge in [-0.2, -0.15) is 0 Å². The summed E-state index contributed by atoms with van der Waals surface area (Å²) in [5.41, 5.74) is 8.30. The number of nitrogens with two attached hydrogens (primary N) is 1. The van der Waals surface area contributed by atoms with Gasteiger partial charge in [-0.15, -0.1) is 0 Å². The van der Waals surface area contributed by atoms with Gasteiger partial charge in [0.2, 0.25) is 0 Å². The van der Waals surface area contributed by atoms with Crippen molar-refractivity contribution in [1.82, 2.24) is 0 Å². The second-order valence-corrected chi connectivity index (χ2v) is 4.35. The molecule has 0 aliphatic carbocycles. The van der Waals surface area contributed by atoms with E-state index in [-0.39, 0.29) is 6.42 Å². The molecule has 5 heteroatoms. The maximum atomic E-state index is 10.7. The van der Waals surface area contributed by atoms with Crippen LogP contribution in [-0.2, 0) is 4.79 Å². The van der Waals surface area contributed by atoms with E-state index in [4.69, 9.17) is 27.2 Å². The molecule has 0 saturated heterocycles. The van der Waals surface area contributed by atoms with Crippen LogP contribution < -0.4 is 10.5 Å². The molecule has 1 rings (SSSR count). The Bertz CT molecular complexity index is 446. The molecule has 17 heavy (non-hydrogen) atoms. The van der Waals surface area contributed by atoms with Crippen LogP contribution >= 0.6 is 11.6 Å². The predicted molar refractivity (Wildman–Crippen MR) is 66.7 cm³/mol. The van der Waals surface area contributed by atoms with Crippen LogP contribution in [0.1, 0.15) is 29.2 Å². The van der Waals surface area contributed by atoms with Crippen molar-refractivity contribution >= 4 is 17.6 Å². The molecule has 0 amide bonds. The number of carboxylic acid groups (broad SMARTS) is 1. The minimum absolute atomic E-state index is 0.156. The summed E-state index contributed by atoms with van der Waals surface area (Å²) < 4.78 is 5.24. The van der Waals surface area contributed by atoms with E-state index in [0.29, 0.717) is 16.3 Å². The molecule has 0 fully saturated rings. The van der Waals surface area contributed by atoms with Crippen LogP contribution in [0.15, 0.2) is 6.07 Å². The average Bonchev–Trinajstić information content (AvgIpc) is 2.21. The summed E-state index contributed by atoms with van der Waals surface area (Å²) in [6, 6.07) is 1.25. The van der Waals surface area contributed by atoms with Crippen LogP contribution in [0.4, 0.5) is 0 Å². The fraction of sp³-hybridized carbons (Fsp3) is 0.417. The van der Waals surface area contributed by atoms with Crippen LogP contribution in [0, 0.1) is 13.8 Å². The average molecular weight is 258 g/mol. The Morgan fingerprint density at radius 2 is 2.12 bits per heavy atom. The molecule has 1 atom stereocenters. The number of carboxylic acids is 1. The van der Waals surface area contributed by atoms with E-state index < -0.39 is 12.0 Å². The topological polar surface area (TPSA) is 72.5 Å². The maximum Gasteiger partial charge on any atom is 0.305 e. The van der Waals surface area contributed by atoms with E-state index in [1.54, 1.807) is 0 Å². The molecule has 0 spiro atoms. The lowest BCUT2D eigenvalue weighted by Gasteiger charge is -2.19. The Hall–Kier alpha value is -1.26. The fourth-order valence-electron chi connectivity index (χ4n) is 1.89. The number of methoxy groups -OCH3 is 1. The van der Waals surface area contributed by atoms with Gasteiger partial charge in [-0.3, -0.25) is 4.79 Å². The molecule has 94 valence electrons. The van der Waals surface area contributed by atoms with Crippen molar-refractivity contribution < 1.29 is 14.6 Å². The molecular formula is C12H16ClNO3. The normalized spacial score (nSPS) is 12.3. The highest BCUT2D eigenvalue weighted by molar-refractivity contribution is 6.33. The van der Waals surface area contributed by atoms with E-state index in [1.807, 2.05) is 19.9 Å². The molecule has 0 aromatic heterocycles. The first-order chi connectivity index (χ1) is 7.88. The number of benzene rings is 1. The molecule has 0 radical (unpaired) electrons. The number of carbonyl (C=O) groups is 1. The summed E-state index contributed by atoms with van der Waals surface area (Å²) in [4.78, 5) is 10.7. The molecule has 0 heterocycles. The van der Waals surface area contributed by atoms with Crippen molar-refractivity contribution in [3.05, 3.63) is 27.8 Å². The van der Waals surface area contributed by atoms with Crippen molar-refractivity contribution in [1.29, 1.82) is 0 Å². The Morgan fingerprint density at radius 3 is 2.59 bits per heavy atom. The van der Waals surface area contributed by atoms with Crippen molar-refractivity contribution in [3.8, 4) is 5.75 Å². The molecule has 0 bridgehead atoms. The highest BCUT2D eigenvalue weighted by Gasteiger charge is 2.21. The highest BCUT2D eigenvalue weighted by atomic mass is 35.5. The lowest BCUT2D eigenvalue weighted by molar-refractivity contribution is -0.137. The molecule has 1 unspecified atom stereocenters. The number of halogens is 1. The van der Waals surface area contributed by atoms with Crippen molar-refractivity contribution in [3.63, 3.8) is 0 Å². The summed E-state index contributed by atoms with van der Waals surface area (Å²) in [6.07, 6.45) is -0.156. The third-order valence-electron chi connectivity index (χ3n) is 2.62. The molecular weight excluding hydrogens is 242 g/mol. The Kier molecular flexibility index (Phi) is 4.37. The summed E-state index contributed by atoms with van der Waals surface area (Å²) >= 11 is 6.12. The number of hydrogen-bond acceptors (Lipinski definition) is 3. The quantitative estimate of drug-likeness (QED) is 0.869. The monoisotopic (exact) mass is 257 g/mol. The van der Waals surface area contributed by atoms with Crippen molar-refractivity contribution in [2.75, 3.05) is 7.11 Å². The first-order valence-corrected chi connectivity index (χ1v) is 5.57. The van der Waals surface area contributed by atoms with Crippen molar-refractivity contribution in [2.24, 2.45) is 5.73 Å². The van der Waals surface area contributed by atoms with Crippen LogP contribution in [0.5, 0.6) is 5.75 Å². The first-order valence-electron chi connectivity index (χ1n) is 5.19. The van der Waals surface area contributed by atoms with E-state index in [0.717, 1.165) is 11.1 Å². The van der Waals surface area contributed by atoms with Gasteiger partial charge in [0, 0.05) is 11.6 Å². The molecule has 0 aliphatic rings. The number of ether oxygens (including phenoxy) is 1. The molecule has 4 nitrogen and oxygen atoms in total. The van der Waals surface area contributed by atoms with E-state index in [1.165, 1.54) is 7.11 Å². The van der Waals surface area contributed by atoms with Gasteiger partial charge in [0.15, 0.2) is 0 Å². The van der Waals surface area contributed by atoms with E-state index in [2.05, 4.69) is 0 Å². The minimum Gasteiger partial charge on any atom is -0.495 e. The van der Waals surface area contributed by atoms with Gasteiger partial charge in [-0.25, -0.2) is 0 Å². The third kappa shape index (κ3) is 2.90. The molecule has 0 aliphatic heterocycles. The van der Waals surface area contributed by atoms with Crippen LogP contribution in [0.2, 0.25) is 5.02 Å². The smallest absolute Gasteiger partial charge is 0.305 e. The molecule has 0 saturated carbocycles. The SMILES string of the molecule is COc1c(Cl)c(C)cc(C)c1C(N)CC(=O)O. The Labute approximate surface area is 105 Å². The number of aryl methyl sites for hydroxylation is 2. The van der Waals surface area contributed by atoms with Gasteiger partial charge in [0.25, 0.3) is 0 Å². The molecule has 3 N–H and O–H groups in total. The lowest BCUT2D eigenvalue weighted by Crippen LogP contribution is -2.17. The number of rotatable bonds is 4. The number of hydrogen-bond donors (Lipinski definition) is 2. The number of aliphatic carboxylic acids is 1. The minimum atomic E-state index is -0.948. The zero-order valence-electron chi connectivity index (χ0n) is 10.1. The van der Waals surface area contributed by atoms with Gasteiger partial charge >= 0.3 is 5.97 Å². The van der Waals surface area contributed by atoms with E-state index in [9.17, 15) is 4.79 Å². The van der Waals surface area contributed by atoms with Crippen LogP contribution in [0.25, 0.3) is 0 Å². The standard InChI is InChI=1S/C12H16ClNO3/c1-6-4-7(2)11(13)12(17-3)10(6)8(14)5-9(15)16/h4,8H,5,14H2,1-3H3,(H,15,16). The van der Waals surface area contributed by atoms with Crippen LogP contribution in [-0.4, -0.2) is 18.2 Å². The summed E-state index contributed by atoms with van der Waals surface area (Å²) in [7, 11) is 1.50. The zero-order chi connectivity index (χ0) is 13.2. The zero-order valence-corrected chi connectivity index (χ0v) is 10.8. The predicted octanol–water partition coefficient (Wildman–Crippen LogP) is 2.44. The van der Waals surface area contributed by atoms with Gasteiger partial charge < -0.3 is 15.6 Å². The summed E-state index contributed by atoms with van der Waals surface area (Å²) in [5.74, 6) is -0.478. The maximum absolute atomic E-state index is 10.7. The lowest BCUT2D eigenvalue weighted by atomic mass is 9.96.